The molecule has 0 radical (unpaired) electrons. The molecule has 0 saturated heterocycles. The topological polar surface area (TPSA) is 66.4 Å². The number of aryl methyl sites for hydroxylation is 1. The third kappa shape index (κ3) is 2.77. The molecule has 3 aromatic rings. The van der Waals surface area contributed by atoms with Crippen LogP contribution in [0, 0.1) is 6.92 Å². The highest BCUT2D eigenvalue weighted by atomic mass is 32.1. The molecule has 6 heteroatoms. The summed E-state index contributed by atoms with van der Waals surface area (Å²) in [6, 6.07) is 9.72. The van der Waals surface area contributed by atoms with Gasteiger partial charge in [-0.3, -0.25) is 4.79 Å². The Morgan fingerprint density at radius 1 is 1.24 bits per heavy atom. The molecule has 1 amide bonds. The van der Waals surface area contributed by atoms with Gasteiger partial charge in [-0.2, -0.15) is 11.3 Å². The molecule has 126 valence electrons. The van der Waals surface area contributed by atoms with Crippen LogP contribution in [0.25, 0.3) is 11.1 Å². The minimum atomic E-state index is -0.965. The molecule has 0 spiro atoms. The second-order valence-corrected chi connectivity index (χ2v) is 7.91. The van der Waals surface area contributed by atoms with E-state index < -0.39 is 5.97 Å². The van der Waals surface area contributed by atoms with Crippen LogP contribution >= 0.6 is 22.7 Å². The molecule has 0 fully saturated rings. The van der Waals surface area contributed by atoms with Crippen molar-refractivity contribution in [3.8, 4) is 11.1 Å². The highest BCUT2D eigenvalue weighted by Crippen LogP contribution is 2.49. The van der Waals surface area contributed by atoms with E-state index in [1.165, 1.54) is 11.3 Å². The Morgan fingerprint density at radius 3 is 2.64 bits per heavy atom. The van der Waals surface area contributed by atoms with E-state index in [0.29, 0.717) is 17.7 Å². The lowest BCUT2D eigenvalue weighted by atomic mass is 9.90. The van der Waals surface area contributed by atoms with Crippen molar-refractivity contribution in [2.24, 2.45) is 0 Å². The molecular formula is C19H15NO3S2. The Morgan fingerprint density at radius 2 is 2.00 bits per heavy atom. The number of amides is 1. The van der Waals surface area contributed by atoms with Crippen molar-refractivity contribution in [2.75, 3.05) is 5.32 Å². The summed E-state index contributed by atoms with van der Waals surface area (Å²) in [6.07, 6.45) is 0.344. The molecule has 25 heavy (non-hydrogen) atoms. The van der Waals surface area contributed by atoms with Crippen LogP contribution in [0.4, 0.5) is 5.69 Å². The number of nitrogens with one attached hydrogen (secondary N) is 1. The first kappa shape index (κ1) is 16.1. The number of carbonyl (C=O) groups excluding carboxylic acids is 1. The highest BCUT2D eigenvalue weighted by Gasteiger charge is 2.34. The molecule has 1 atom stereocenters. The molecule has 1 aromatic carbocycles. The van der Waals surface area contributed by atoms with E-state index in [2.05, 4.69) is 5.32 Å². The second kappa shape index (κ2) is 6.13. The van der Waals surface area contributed by atoms with E-state index >= 15 is 0 Å². The largest absolute Gasteiger partial charge is 0.477 e. The molecule has 4 rings (SSSR count). The van der Waals surface area contributed by atoms with E-state index in [1.54, 1.807) is 11.3 Å². The molecule has 1 unspecified atom stereocenters. The number of hydrogen-bond acceptors (Lipinski definition) is 4. The van der Waals surface area contributed by atoms with Gasteiger partial charge in [0.25, 0.3) is 0 Å². The molecule has 2 N–H and O–H groups in total. The van der Waals surface area contributed by atoms with E-state index in [0.717, 1.165) is 21.6 Å². The number of rotatable bonds is 3. The molecule has 1 aliphatic rings. The van der Waals surface area contributed by atoms with Crippen LogP contribution < -0.4 is 5.32 Å². The van der Waals surface area contributed by atoms with Gasteiger partial charge in [0.1, 0.15) is 4.88 Å². The minimum Gasteiger partial charge on any atom is -0.477 e. The lowest BCUT2D eigenvalue weighted by Crippen LogP contribution is -2.22. The van der Waals surface area contributed by atoms with E-state index in [1.807, 2.05) is 48.0 Å². The van der Waals surface area contributed by atoms with Crippen LogP contribution in [-0.4, -0.2) is 17.0 Å². The number of thiophene rings is 2. The number of carboxylic acid groups (broad SMARTS) is 1. The molecule has 3 heterocycles. The predicted octanol–water partition coefficient (Wildman–Crippen LogP) is 4.96. The van der Waals surface area contributed by atoms with Crippen molar-refractivity contribution in [3.63, 3.8) is 0 Å². The third-order valence-corrected chi connectivity index (χ3v) is 6.38. The molecule has 4 nitrogen and oxygen atoms in total. The first-order valence-electron chi connectivity index (χ1n) is 7.83. The van der Waals surface area contributed by atoms with Gasteiger partial charge < -0.3 is 10.4 Å². The van der Waals surface area contributed by atoms with Crippen molar-refractivity contribution >= 4 is 40.2 Å². The van der Waals surface area contributed by atoms with Gasteiger partial charge in [-0.15, -0.1) is 11.3 Å². The molecule has 0 aliphatic carbocycles. The van der Waals surface area contributed by atoms with Gasteiger partial charge in [-0.05, 0) is 34.9 Å². The fourth-order valence-electron chi connectivity index (χ4n) is 3.18. The normalized spacial score (nSPS) is 16.4. The number of carboxylic acids is 1. The maximum atomic E-state index is 12.3. The maximum absolute atomic E-state index is 12.3. The predicted molar refractivity (Wildman–Crippen MR) is 101 cm³/mol. The summed E-state index contributed by atoms with van der Waals surface area (Å²) < 4.78 is 0. The van der Waals surface area contributed by atoms with Gasteiger partial charge >= 0.3 is 5.97 Å². The van der Waals surface area contributed by atoms with Crippen molar-refractivity contribution in [2.45, 2.75) is 19.3 Å². The summed E-state index contributed by atoms with van der Waals surface area (Å²) in [5.41, 5.74) is 4.24. The fourth-order valence-corrected chi connectivity index (χ4v) is 5.14. The average molecular weight is 369 g/mol. The number of hydrogen-bond donors (Lipinski definition) is 2. The molecule has 1 aliphatic heterocycles. The van der Waals surface area contributed by atoms with Crippen molar-refractivity contribution in [3.05, 3.63) is 62.0 Å². The number of anilines is 1. The Bertz CT molecular complexity index is 955. The van der Waals surface area contributed by atoms with E-state index in [-0.39, 0.29) is 16.7 Å². The van der Waals surface area contributed by atoms with Gasteiger partial charge in [0, 0.05) is 22.8 Å². The Hall–Kier alpha value is -2.44. The number of benzene rings is 1. The number of carbonyl (C=O) groups is 2. The Kier molecular flexibility index (Phi) is 3.94. The standard InChI is InChI=1S/C19H15NO3S2/c1-10-2-4-11(5-3-10)15-16-17(25-18(15)19(22)23)13(8-14(21)20-16)12-6-7-24-9-12/h2-7,9,13H,8H2,1H3,(H,20,21)(H,22,23). The van der Waals surface area contributed by atoms with Crippen molar-refractivity contribution < 1.29 is 14.7 Å². The summed E-state index contributed by atoms with van der Waals surface area (Å²) in [5.74, 6) is -1.13. The minimum absolute atomic E-state index is 0.0770. The first-order valence-corrected chi connectivity index (χ1v) is 9.59. The fraction of sp³-hybridized carbons (Fsp3) is 0.158. The molecule has 0 saturated carbocycles. The third-order valence-electron chi connectivity index (χ3n) is 4.39. The van der Waals surface area contributed by atoms with Crippen LogP contribution in [0.15, 0.2) is 41.1 Å². The van der Waals surface area contributed by atoms with Gasteiger partial charge in [0.15, 0.2) is 0 Å². The van der Waals surface area contributed by atoms with Gasteiger partial charge in [0.05, 0.1) is 5.69 Å². The van der Waals surface area contributed by atoms with E-state index in [4.69, 9.17) is 0 Å². The van der Waals surface area contributed by atoms with Crippen LogP contribution in [0.2, 0.25) is 0 Å². The zero-order valence-electron chi connectivity index (χ0n) is 13.4. The van der Waals surface area contributed by atoms with Crippen LogP contribution in [0.1, 0.15) is 38.0 Å². The van der Waals surface area contributed by atoms with Crippen molar-refractivity contribution in [1.29, 1.82) is 0 Å². The van der Waals surface area contributed by atoms with Gasteiger partial charge in [-0.1, -0.05) is 29.8 Å². The number of fused-ring (bicyclic) bond motifs is 1. The maximum Gasteiger partial charge on any atom is 0.346 e. The van der Waals surface area contributed by atoms with Gasteiger partial charge in [0.2, 0.25) is 5.91 Å². The zero-order valence-corrected chi connectivity index (χ0v) is 15.0. The zero-order chi connectivity index (χ0) is 17.6. The highest BCUT2D eigenvalue weighted by molar-refractivity contribution is 7.15. The lowest BCUT2D eigenvalue weighted by Gasteiger charge is -2.23. The lowest BCUT2D eigenvalue weighted by molar-refractivity contribution is -0.116. The first-order chi connectivity index (χ1) is 12.0. The SMILES string of the molecule is Cc1ccc(-c2c(C(=O)O)sc3c2NC(=O)CC3c2ccsc2)cc1. The summed E-state index contributed by atoms with van der Waals surface area (Å²) in [4.78, 5) is 25.3. The summed E-state index contributed by atoms with van der Waals surface area (Å²) >= 11 is 2.85. The Labute approximate surface area is 152 Å². The van der Waals surface area contributed by atoms with Gasteiger partial charge in [-0.25, -0.2) is 4.79 Å². The van der Waals surface area contributed by atoms with Crippen molar-refractivity contribution in [1.82, 2.24) is 0 Å². The second-order valence-electron chi connectivity index (χ2n) is 6.08. The number of aromatic carboxylic acids is 1. The quantitative estimate of drug-likeness (QED) is 0.686. The van der Waals surface area contributed by atoms with Crippen LogP contribution in [0.5, 0.6) is 0 Å². The molecule has 2 aromatic heterocycles. The summed E-state index contributed by atoms with van der Waals surface area (Å²) in [6.45, 7) is 1.99. The van der Waals surface area contributed by atoms with Crippen LogP contribution in [0.3, 0.4) is 0 Å². The van der Waals surface area contributed by atoms with E-state index in [9.17, 15) is 14.7 Å². The molecule has 0 bridgehead atoms. The average Bonchev–Trinajstić information content (AvgIpc) is 3.22. The Balaban J connectivity index is 1.95. The monoisotopic (exact) mass is 369 g/mol. The van der Waals surface area contributed by atoms with Crippen LogP contribution in [-0.2, 0) is 4.79 Å². The summed E-state index contributed by atoms with van der Waals surface area (Å²) in [7, 11) is 0. The summed E-state index contributed by atoms with van der Waals surface area (Å²) in [5, 5.41) is 16.6. The smallest absolute Gasteiger partial charge is 0.346 e. The molecular weight excluding hydrogens is 354 g/mol.